The Morgan fingerprint density at radius 1 is 1.21 bits per heavy atom. The van der Waals surface area contributed by atoms with Crippen LogP contribution in [0.2, 0.25) is 0 Å². The van der Waals surface area contributed by atoms with Gasteiger partial charge in [-0.25, -0.2) is 0 Å². The standard InChI is InChI=1S/C19H23NO4/c1-22-13-23-17-8-4-15-5-9-18(24-19(15)10-17)12-20-11-14-2-6-16(21)7-3-14/h2-4,6-8,10,18,20-21H,5,9,11-13H2,1H3/t18-/m1/s1. The summed E-state index contributed by atoms with van der Waals surface area (Å²) in [6.07, 6.45) is 2.14. The van der Waals surface area contributed by atoms with Crippen molar-refractivity contribution >= 4 is 0 Å². The zero-order chi connectivity index (χ0) is 16.8. The van der Waals surface area contributed by atoms with Gasteiger partial charge in [0.1, 0.15) is 23.4 Å². The van der Waals surface area contributed by atoms with E-state index in [1.165, 1.54) is 5.56 Å². The van der Waals surface area contributed by atoms with Crippen molar-refractivity contribution in [2.24, 2.45) is 0 Å². The van der Waals surface area contributed by atoms with Gasteiger partial charge < -0.3 is 24.6 Å². The fourth-order valence-electron chi connectivity index (χ4n) is 2.76. The van der Waals surface area contributed by atoms with Gasteiger partial charge in [-0.15, -0.1) is 0 Å². The molecule has 0 saturated heterocycles. The van der Waals surface area contributed by atoms with Crippen LogP contribution in [0.4, 0.5) is 0 Å². The highest BCUT2D eigenvalue weighted by atomic mass is 16.7. The molecule has 2 aromatic rings. The van der Waals surface area contributed by atoms with Gasteiger partial charge in [0.2, 0.25) is 0 Å². The molecule has 128 valence electrons. The Bertz CT molecular complexity index is 657. The highest BCUT2D eigenvalue weighted by molar-refractivity contribution is 5.42. The Balaban J connectivity index is 1.51. The Morgan fingerprint density at radius 2 is 2.04 bits per heavy atom. The number of ether oxygens (including phenoxy) is 3. The summed E-state index contributed by atoms with van der Waals surface area (Å²) in [7, 11) is 1.60. The zero-order valence-corrected chi connectivity index (χ0v) is 13.8. The number of phenols is 1. The molecule has 0 aliphatic carbocycles. The van der Waals surface area contributed by atoms with Crippen LogP contribution in [0.1, 0.15) is 17.5 Å². The minimum atomic E-state index is 0.146. The quantitative estimate of drug-likeness (QED) is 0.765. The van der Waals surface area contributed by atoms with E-state index in [-0.39, 0.29) is 18.6 Å². The summed E-state index contributed by atoms with van der Waals surface area (Å²) in [4.78, 5) is 0. The first-order valence-electron chi connectivity index (χ1n) is 8.14. The molecular weight excluding hydrogens is 306 g/mol. The molecule has 2 aromatic carbocycles. The highest BCUT2D eigenvalue weighted by Gasteiger charge is 2.20. The van der Waals surface area contributed by atoms with E-state index >= 15 is 0 Å². The minimum absolute atomic E-state index is 0.146. The SMILES string of the molecule is COCOc1ccc2c(c1)O[C@@H](CNCc1ccc(O)cc1)CC2. The molecule has 5 heteroatoms. The van der Waals surface area contributed by atoms with Gasteiger partial charge in [-0.3, -0.25) is 0 Å². The molecule has 1 aliphatic rings. The van der Waals surface area contributed by atoms with Crippen molar-refractivity contribution in [1.82, 2.24) is 5.32 Å². The van der Waals surface area contributed by atoms with Crippen LogP contribution in [0.5, 0.6) is 17.2 Å². The van der Waals surface area contributed by atoms with Gasteiger partial charge in [-0.1, -0.05) is 18.2 Å². The molecule has 3 rings (SSSR count). The van der Waals surface area contributed by atoms with Crippen molar-refractivity contribution in [2.45, 2.75) is 25.5 Å². The predicted molar refractivity (Wildman–Crippen MR) is 91.5 cm³/mol. The van der Waals surface area contributed by atoms with Crippen molar-refractivity contribution in [2.75, 3.05) is 20.4 Å². The number of nitrogens with one attached hydrogen (secondary N) is 1. The summed E-state index contributed by atoms with van der Waals surface area (Å²) in [5, 5.41) is 12.7. The third-order valence-corrected chi connectivity index (χ3v) is 4.05. The summed E-state index contributed by atoms with van der Waals surface area (Å²) in [5.41, 5.74) is 2.36. The van der Waals surface area contributed by atoms with Gasteiger partial charge >= 0.3 is 0 Å². The summed E-state index contributed by atoms with van der Waals surface area (Å²) >= 11 is 0. The second-order valence-electron chi connectivity index (χ2n) is 5.90. The molecule has 0 aromatic heterocycles. The Morgan fingerprint density at radius 3 is 2.83 bits per heavy atom. The van der Waals surface area contributed by atoms with Crippen LogP contribution in [0.15, 0.2) is 42.5 Å². The van der Waals surface area contributed by atoms with Crippen LogP contribution in [-0.2, 0) is 17.7 Å². The second-order valence-corrected chi connectivity index (χ2v) is 5.90. The molecule has 24 heavy (non-hydrogen) atoms. The van der Waals surface area contributed by atoms with Crippen molar-refractivity contribution < 1.29 is 19.3 Å². The largest absolute Gasteiger partial charge is 0.508 e. The maximum Gasteiger partial charge on any atom is 0.188 e. The first kappa shape index (κ1) is 16.6. The predicted octanol–water partition coefficient (Wildman–Crippen LogP) is 2.86. The molecule has 0 unspecified atom stereocenters. The Hall–Kier alpha value is -2.24. The minimum Gasteiger partial charge on any atom is -0.508 e. The van der Waals surface area contributed by atoms with Crippen LogP contribution in [0.25, 0.3) is 0 Å². The number of rotatable bonds is 7. The van der Waals surface area contributed by atoms with Gasteiger partial charge in [-0.2, -0.15) is 0 Å². The topological polar surface area (TPSA) is 60.0 Å². The monoisotopic (exact) mass is 329 g/mol. The van der Waals surface area contributed by atoms with E-state index in [2.05, 4.69) is 11.4 Å². The lowest BCUT2D eigenvalue weighted by Gasteiger charge is -2.26. The highest BCUT2D eigenvalue weighted by Crippen LogP contribution is 2.31. The number of aryl methyl sites for hydroxylation is 1. The smallest absolute Gasteiger partial charge is 0.188 e. The number of hydrogen-bond donors (Lipinski definition) is 2. The summed E-state index contributed by atoms with van der Waals surface area (Å²) < 4.78 is 16.5. The van der Waals surface area contributed by atoms with Crippen molar-refractivity contribution in [3.63, 3.8) is 0 Å². The first-order valence-corrected chi connectivity index (χ1v) is 8.14. The van der Waals surface area contributed by atoms with Gasteiger partial charge in [0.25, 0.3) is 0 Å². The van der Waals surface area contributed by atoms with E-state index in [4.69, 9.17) is 14.2 Å². The number of phenolic OH excluding ortho intramolecular Hbond substituents is 1. The zero-order valence-electron chi connectivity index (χ0n) is 13.8. The lowest BCUT2D eigenvalue weighted by atomic mass is 10.0. The Labute approximate surface area is 142 Å². The van der Waals surface area contributed by atoms with Crippen LogP contribution in [-0.4, -0.2) is 31.7 Å². The van der Waals surface area contributed by atoms with Crippen LogP contribution < -0.4 is 14.8 Å². The number of benzene rings is 2. The van der Waals surface area contributed by atoms with E-state index in [9.17, 15) is 5.11 Å². The van der Waals surface area contributed by atoms with E-state index in [0.717, 1.165) is 43.0 Å². The average molecular weight is 329 g/mol. The fourth-order valence-corrected chi connectivity index (χ4v) is 2.76. The third kappa shape index (κ3) is 4.40. The number of hydrogen-bond acceptors (Lipinski definition) is 5. The van der Waals surface area contributed by atoms with E-state index in [1.54, 1.807) is 19.2 Å². The summed E-state index contributed by atoms with van der Waals surface area (Å²) in [5.74, 6) is 1.94. The average Bonchev–Trinajstić information content (AvgIpc) is 2.61. The molecule has 2 N–H and O–H groups in total. The van der Waals surface area contributed by atoms with Gasteiger partial charge in [0.05, 0.1) is 0 Å². The number of aromatic hydroxyl groups is 1. The summed E-state index contributed by atoms with van der Waals surface area (Å²) in [6.45, 7) is 1.77. The molecule has 0 bridgehead atoms. The van der Waals surface area contributed by atoms with Crippen LogP contribution in [0, 0.1) is 0 Å². The van der Waals surface area contributed by atoms with Gasteiger partial charge in [-0.05, 0) is 42.2 Å². The van der Waals surface area contributed by atoms with Crippen LogP contribution >= 0.6 is 0 Å². The third-order valence-electron chi connectivity index (χ3n) is 4.05. The fraction of sp³-hybridized carbons (Fsp3) is 0.368. The number of methoxy groups -OCH3 is 1. The maximum atomic E-state index is 9.30. The molecule has 0 spiro atoms. The van der Waals surface area contributed by atoms with Crippen LogP contribution in [0.3, 0.4) is 0 Å². The lowest BCUT2D eigenvalue weighted by molar-refractivity contribution is 0.0507. The maximum absolute atomic E-state index is 9.30. The second kappa shape index (κ2) is 8.04. The lowest BCUT2D eigenvalue weighted by Crippen LogP contribution is -2.33. The van der Waals surface area contributed by atoms with E-state index in [1.807, 2.05) is 24.3 Å². The molecule has 0 radical (unpaired) electrons. The van der Waals surface area contributed by atoms with Gasteiger partial charge in [0.15, 0.2) is 6.79 Å². The molecule has 1 heterocycles. The molecule has 1 aliphatic heterocycles. The summed E-state index contributed by atoms with van der Waals surface area (Å²) in [6, 6.07) is 13.2. The van der Waals surface area contributed by atoms with E-state index < -0.39 is 0 Å². The van der Waals surface area contributed by atoms with E-state index in [0.29, 0.717) is 0 Å². The Kier molecular flexibility index (Phi) is 5.56. The molecule has 0 saturated carbocycles. The molecule has 1 atom stereocenters. The van der Waals surface area contributed by atoms with Crippen molar-refractivity contribution in [1.29, 1.82) is 0 Å². The molecule has 0 fully saturated rings. The molecular formula is C19H23NO4. The first-order chi connectivity index (χ1) is 11.7. The van der Waals surface area contributed by atoms with Crippen molar-refractivity contribution in [3.8, 4) is 17.2 Å². The normalized spacial score (nSPS) is 16.3. The molecule has 5 nitrogen and oxygen atoms in total. The number of fused-ring (bicyclic) bond motifs is 1. The van der Waals surface area contributed by atoms with Crippen molar-refractivity contribution in [3.05, 3.63) is 53.6 Å². The van der Waals surface area contributed by atoms with Gasteiger partial charge in [0, 0.05) is 26.3 Å². The molecule has 0 amide bonds.